The third-order valence-electron chi connectivity index (χ3n) is 0.202. The molecular weight excluding hydrogens is 472 g/mol. The van der Waals surface area contributed by atoms with E-state index in [4.69, 9.17) is 4.89 Å². The van der Waals surface area contributed by atoms with Crippen molar-refractivity contribution in [3.63, 3.8) is 0 Å². The Kier molecular flexibility index (Phi) is 37.1. The second-order valence-electron chi connectivity index (χ2n) is 3.66. The van der Waals surface area contributed by atoms with Gasteiger partial charge in [0.05, 0.1) is 0 Å². The Morgan fingerprint density at radius 1 is 1.31 bits per heavy atom. The van der Waals surface area contributed by atoms with Crippen LogP contribution in [0.1, 0.15) is 34.6 Å². The van der Waals surface area contributed by atoms with Crippen LogP contribution in [0.3, 0.4) is 0 Å². The van der Waals surface area contributed by atoms with Gasteiger partial charge in [-0.15, -0.1) is 0 Å². The van der Waals surface area contributed by atoms with Crippen LogP contribution in [0.15, 0.2) is 0 Å². The van der Waals surface area contributed by atoms with E-state index in [1.54, 1.807) is 0 Å². The average molecular weight is 495 g/mol. The molecule has 16 heavy (non-hydrogen) atoms. The van der Waals surface area contributed by atoms with Crippen molar-refractivity contribution in [2.24, 2.45) is 5.92 Å². The van der Waals surface area contributed by atoms with Crippen molar-refractivity contribution in [1.82, 2.24) is 0 Å². The Morgan fingerprint density at radius 3 is 1.38 bits per heavy atom. The van der Waals surface area contributed by atoms with Crippen molar-refractivity contribution in [2.45, 2.75) is 34.6 Å². The van der Waals surface area contributed by atoms with Gasteiger partial charge in [0.1, 0.15) is 0 Å². The number of hydrogen-bond donors (Lipinski definition) is 1. The Morgan fingerprint density at radius 2 is 1.38 bits per heavy atom. The van der Waals surface area contributed by atoms with E-state index in [2.05, 4.69) is 59.8 Å². The Balaban J connectivity index is -0.0000000367. The van der Waals surface area contributed by atoms with Gasteiger partial charge < -0.3 is 26.8 Å². The summed E-state index contributed by atoms with van der Waals surface area (Å²) in [6.07, 6.45) is 0. The molecule has 1 radical (unpaired) electrons. The van der Waals surface area contributed by atoms with Crippen LogP contribution in [-0.2, 0) is 62.9 Å². The Hall–Kier alpha value is 1.94. The van der Waals surface area contributed by atoms with Crippen molar-refractivity contribution in [1.29, 1.82) is 0 Å². The fraction of sp³-hybridized carbons (Fsp3) is 0.600. The molecule has 0 saturated heterocycles. The molecule has 6 heteroatoms. The molecule has 0 aliphatic carbocycles. The van der Waals surface area contributed by atoms with Crippen LogP contribution in [0.4, 0.5) is 0 Å². The molecule has 0 aromatic carbocycles. The predicted octanol–water partition coefficient (Wildman–Crippen LogP) is 3.86. The summed E-state index contributed by atoms with van der Waals surface area (Å²) in [5, 5.41) is 0. The molecule has 1 N–H and O–H groups in total. The van der Waals surface area contributed by atoms with Gasteiger partial charge in [0.2, 0.25) is 0 Å². The van der Waals surface area contributed by atoms with Gasteiger partial charge in [-0.25, -0.2) is 13.8 Å². The summed E-state index contributed by atoms with van der Waals surface area (Å²) >= 11 is 0. The smallest absolute Gasteiger partial charge is 0.512 e. The van der Waals surface area contributed by atoms with Crippen molar-refractivity contribution in [2.75, 3.05) is 0 Å². The molecule has 0 amide bonds. The zero-order valence-corrected chi connectivity index (χ0v) is 17.6. The molecule has 0 aromatic rings. The summed E-state index contributed by atoms with van der Waals surface area (Å²) in [4.78, 5) is 7.99. The molecule has 0 bridgehead atoms. The van der Waals surface area contributed by atoms with Crippen LogP contribution >= 0.6 is 7.60 Å². The summed E-state index contributed by atoms with van der Waals surface area (Å²) in [7, 11) is -0.826. The van der Waals surface area contributed by atoms with E-state index in [9.17, 15) is 4.57 Å². The van der Waals surface area contributed by atoms with Crippen LogP contribution in [-0.4, -0.2) is 4.89 Å². The predicted molar refractivity (Wildman–Crippen MR) is 62.1 cm³/mol. The van der Waals surface area contributed by atoms with Gasteiger partial charge >= 0.3 is 21.1 Å². The first-order valence-corrected chi connectivity index (χ1v) is 6.00. The molecule has 0 aliphatic heterocycles. The van der Waals surface area contributed by atoms with Gasteiger partial charge in [-0.05, 0) is 0 Å². The summed E-state index contributed by atoms with van der Waals surface area (Å²) in [6, 6.07) is 0. The van der Waals surface area contributed by atoms with E-state index in [1.165, 1.54) is 5.92 Å². The summed E-state index contributed by atoms with van der Waals surface area (Å²) in [6.45, 7) is 16.7. The third kappa shape index (κ3) is 146. The minimum Gasteiger partial charge on any atom is -0.512 e. The van der Waals surface area contributed by atoms with Gasteiger partial charge in [0, 0.05) is 32.7 Å². The molecule has 0 aliphatic rings. The zero-order chi connectivity index (χ0) is 12.4. The van der Waals surface area contributed by atoms with Crippen molar-refractivity contribution in [3.05, 3.63) is 26.6 Å². The normalized spacial score (nSPS) is 11.9. The maximum Gasteiger partial charge on any atom is 2.00 e. The molecule has 0 saturated carbocycles. The van der Waals surface area contributed by atoms with Gasteiger partial charge in [-0.3, -0.25) is 0 Å². The summed E-state index contributed by atoms with van der Waals surface area (Å²) in [5.74, 6) is 2.00. The number of rotatable bonds is 1. The SMILES string of the molecule is C[C-](C)C.[CH2-]C(C)C.[CH2-]OP([CH2-])(=O)O.[W+2].[Y]. The number of hydrogen-bond acceptors (Lipinski definition) is 2. The first kappa shape index (κ1) is 30.7. The van der Waals surface area contributed by atoms with Gasteiger partial charge in [-0.2, -0.15) is 26.7 Å². The zero-order valence-electron chi connectivity index (χ0n) is 10.9. The molecule has 1 atom stereocenters. The molecule has 0 rings (SSSR count). The van der Waals surface area contributed by atoms with Gasteiger partial charge in [0.25, 0.3) is 0 Å². The van der Waals surface area contributed by atoms with E-state index < -0.39 is 7.60 Å². The first-order valence-electron chi connectivity index (χ1n) is 4.23. The fourth-order valence-electron chi connectivity index (χ4n) is 0. The van der Waals surface area contributed by atoms with E-state index in [0.717, 1.165) is 0 Å². The molecule has 1 unspecified atom stereocenters. The monoisotopic (exact) mass is 495 g/mol. The van der Waals surface area contributed by atoms with E-state index in [-0.39, 0.29) is 53.8 Å². The minimum absolute atomic E-state index is 0. The van der Waals surface area contributed by atoms with Crippen LogP contribution in [0.25, 0.3) is 0 Å². The van der Waals surface area contributed by atoms with Crippen LogP contribution < -0.4 is 0 Å². The summed E-state index contributed by atoms with van der Waals surface area (Å²) in [5.41, 5.74) is 0. The van der Waals surface area contributed by atoms with Gasteiger partial charge in [0.15, 0.2) is 7.60 Å². The van der Waals surface area contributed by atoms with E-state index in [1.807, 2.05) is 0 Å². The van der Waals surface area contributed by atoms with Crippen molar-refractivity contribution >= 4 is 7.60 Å². The average Bonchev–Trinajstić information content (AvgIpc) is 1.83. The maximum absolute atomic E-state index is 9.74. The standard InChI is InChI=1S/2C4H9.C2H5O3P.W.Y/c2*1-4(2)3;1-5-6(2,3)4;;/h1-3H3;4H,1H2,2-3H3;1-2H2,(H,3,4);;/q2*-1;-2;+2;. The summed E-state index contributed by atoms with van der Waals surface area (Å²) < 4.78 is 13.4. The quantitative estimate of drug-likeness (QED) is 0.445. The van der Waals surface area contributed by atoms with Gasteiger partial charge in [-0.1, -0.05) is 13.8 Å². The molecule has 97 valence electrons. The largest absolute Gasteiger partial charge is 2.00 e. The molecule has 3 nitrogen and oxygen atoms in total. The Bertz CT molecular complexity index is 137. The van der Waals surface area contributed by atoms with Crippen molar-refractivity contribution in [3.8, 4) is 0 Å². The van der Waals surface area contributed by atoms with E-state index >= 15 is 0 Å². The van der Waals surface area contributed by atoms with Crippen LogP contribution in [0.2, 0.25) is 0 Å². The third-order valence-corrected chi connectivity index (χ3v) is 0.605. The van der Waals surface area contributed by atoms with Crippen LogP contribution in [0.5, 0.6) is 0 Å². The molecule has 0 heterocycles. The Labute approximate surface area is 141 Å². The molecular formula is C10H23O3PWY-2. The second kappa shape index (κ2) is 19.3. The maximum atomic E-state index is 9.74. The second-order valence-corrected chi connectivity index (χ2v) is 5.19. The molecule has 0 aromatic heterocycles. The van der Waals surface area contributed by atoms with E-state index in [0.29, 0.717) is 5.92 Å². The van der Waals surface area contributed by atoms with Crippen molar-refractivity contribution < 1.29 is 67.8 Å². The molecule has 0 fully saturated rings. The van der Waals surface area contributed by atoms with Crippen LogP contribution in [0, 0.1) is 32.5 Å². The fourth-order valence-corrected chi connectivity index (χ4v) is 0. The minimum atomic E-state index is -3.51. The topological polar surface area (TPSA) is 46.5 Å². The molecule has 0 spiro atoms. The first-order chi connectivity index (χ1) is 6.02.